The first-order chi connectivity index (χ1) is 13.1. The second-order valence-electron chi connectivity index (χ2n) is 6.02. The number of furan rings is 1. The highest BCUT2D eigenvalue weighted by Gasteiger charge is 2.12. The highest BCUT2D eigenvalue weighted by Crippen LogP contribution is 2.16. The molecule has 1 N–H and O–H groups in total. The first-order valence-electron chi connectivity index (χ1n) is 8.27. The Balaban J connectivity index is 1.41. The summed E-state index contributed by atoms with van der Waals surface area (Å²) in [5.41, 5.74) is 2.53. The number of anilines is 1. The van der Waals surface area contributed by atoms with E-state index in [2.05, 4.69) is 15.5 Å². The predicted octanol–water partition coefficient (Wildman–Crippen LogP) is 3.92. The largest absolute Gasteiger partial charge is 0.454 e. The van der Waals surface area contributed by atoms with Crippen molar-refractivity contribution < 1.29 is 9.21 Å². The summed E-state index contributed by atoms with van der Waals surface area (Å²) in [4.78, 5) is 12.4. The van der Waals surface area contributed by atoms with Gasteiger partial charge in [-0.05, 0) is 49.4 Å². The Kier molecular flexibility index (Phi) is 4.52. The summed E-state index contributed by atoms with van der Waals surface area (Å²) in [6.45, 7) is 2.33. The molecule has 0 radical (unpaired) electrons. The summed E-state index contributed by atoms with van der Waals surface area (Å²) >= 11 is 5.84. The van der Waals surface area contributed by atoms with Gasteiger partial charge in [0, 0.05) is 18.1 Å². The van der Waals surface area contributed by atoms with Crippen LogP contribution in [0.4, 0.5) is 5.69 Å². The summed E-state index contributed by atoms with van der Waals surface area (Å²) in [6, 6.07) is 12.7. The Morgan fingerprint density at radius 3 is 2.67 bits per heavy atom. The van der Waals surface area contributed by atoms with Crippen LogP contribution in [0.15, 0.2) is 65.5 Å². The number of carbonyl (C=O) groups excluding carboxylic acids is 1. The zero-order valence-corrected chi connectivity index (χ0v) is 15.2. The van der Waals surface area contributed by atoms with Crippen LogP contribution in [-0.2, 0) is 6.54 Å². The van der Waals surface area contributed by atoms with Crippen LogP contribution in [0.1, 0.15) is 22.0 Å². The maximum Gasteiger partial charge on any atom is 0.291 e. The molecule has 0 aliphatic carbocycles. The van der Waals surface area contributed by atoms with Gasteiger partial charge in [-0.1, -0.05) is 11.6 Å². The van der Waals surface area contributed by atoms with Crippen molar-refractivity contribution >= 4 is 23.2 Å². The number of halogens is 1. The smallest absolute Gasteiger partial charge is 0.291 e. The number of amides is 1. The summed E-state index contributed by atoms with van der Waals surface area (Å²) < 4.78 is 9.01. The number of hydrogen-bond acceptors (Lipinski definition) is 4. The van der Waals surface area contributed by atoms with Gasteiger partial charge in [0.1, 0.15) is 5.76 Å². The lowest BCUT2D eigenvalue weighted by molar-refractivity contribution is 0.0994. The third-order valence-electron chi connectivity index (χ3n) is 3.92. The van der Waals surface area contributed by atoms with Crippen LogP contribution >= 0.6 is 11.6 Å². The number of aromatic nitrogens is 4. The molecule has 7 nitrogen and oxygen atoms in total. The quantitative estimate of drug-likeness (QED) is 0.568. The van der Waals surface area contributed by atoms with Gasteiger partial charge in [-0.3, -0.25) is 9.48 Å². The van der Waals surface area contributed by atoms with Gasteiger partial charge in [-0.2, -0.15) is 10.2 Å². The number of carbonyl (C=O) groups is 1. The third-order valence-corrected chi connectivity index (χ3v) is 4.11. The van der Waals surface area contributed by atoms with E-state index in [0.29, 0.717) is 23.0 Å². The van der Waals surface area contributed by atoms with E-state index in [1.54, 1.807) is 33.9 Å². The van der Waals surface area contributed by atoms with Crippen LogP contribution in [0.3, 0.4) is 0 Å². The Hall–Kier alpha value is -3.32. The fourth-order valence-electron chi connectivity index (χ4n) is 2.62. The number of rotatable bonds is 5. The van der Waals surface area contributed by atoms with Gasteiger partial charge in [-0.25, -0.2) is 4.68 Å². The lowest BCUT2D eigenvalue weighted by Gasteiger charge is -2.05. The van der Waals surface area contributed by atoms with Crippen LogP contribution in [0.5, 0.6) is 0 Å². The van der Waals surface area contributed by atoms with E-state index in [9.17, 15) is 4.79 Å². The molecule has 0 fully saturated rings. The van der Waals surface area contributed by atoms with Crippen LogP contribution in [-0.4, -0.2) is 25.5 Å². The van der Waals surface area contributed by atoms with Crippen molar-refractivity contribution in [3.05, 3.63) is 83.3 Å². The van der Waals surface area contributed by atoms with Crippen LogP contribution in [0, 0.1) is 6.92 Å². The first kappa shape index (κ1) is 17.1. The zero-order chi connectivity index (χ0) is 18.8. The van der Waals surface area contributed by atoms with Crippen molar-refractivity contribution in [3.8, 4) is 5.69 Å². The van der Waals surface area contributed by atoms with E-state index in [-0.39, 0.29) is 11.7 Å². The fraction of sp³-hybridized carbons (Fsp3) is 0.105. The van der Waals surface area contributed by atoms with Gasteiger partial charge in [0.25, 0.3) is 5.91 Å². The van der Waals surface area contributed by atoms with Crippen molar-refractivity contribution in [2.75, 3.05) is 5.32 Å². The summed E-state index contributed by atoms with van der Waals surface area (Å²) in [6.07, 6.45) is 5.12. The van der Waals surface area contributed by atoms with E-state index in [1.807, 2.05) is 43.5 Å². The number of benzene rings is 1. The van der Waals surface area contributed by atoms with Crippen molar-refractivity contribution in [2.24, 2.45) is 0 Å². The highest BCUT2D eigenvalue weighted by molar-refractivity contribution is 6.30. The Labute approximate surface area is 160 Å². The van der Waals surface area contributed by atoms with E-state index in [1.165, 1.54) is 0 Å². The van der Waals surface area contributed by atoms with Gasteiger partial charge >= 0.3 is 0 Å². The predicted molar refractivity (Wildman–Crippen MR) is 101 cm³/mol. The second kappa shape index (κ2) is 7.13. The van der Waals surface area contributed by atoms with Crippen molar-refractivity contribution in [1.29, 1.82) is 0 Å². The molecule has 0 aliphatic heterocycles. The molecule has 0 saturated heterocycles. The number of hydrogen-bond donors (Lipinski definition) is 1. The second-order valence-corrected chi connectivity index (χ2v) is 6.46. The molecule has 1 aromatic carbocycles. The molecular formula is C19H16ClN5O2. The number of nitrogens with zero attached hydrogens (tertiary/aromatic N) is 4. The SMILES string of the molecule is Cc1ccn(-c2ccc(NC(=O)c3ccc(Cn4cc(Cl)cn4)o3)cc2)n1. The lowest BCUT2D eigenvalue weighted by atomic mass is 10.2. The first-order valence-corrected chi connectivity index (χ1v) is 8.65. The normalized spacial score (nSPS) is 10.9. The molecule has 0 atom stereocenters. The molecule has 8 heteroatoms. The van der Waals surface area contributed by atoms with E-state index in [4.69, 9.17) is 16.0 Å². The molecule has 4 aromatic rings. The molecule has 3 heterocycles. The Morgan fingerprint density at radius 1 is 1.19 bits per heavy atom. The van der Waals surface area contributed by atoms with Gasteiger partial charge < -0.3 is 9.73 Å². The van der Waals surface area contributed by atoms with Gasteiger partial charge in [0.15, 0.2) is 5.76 Å². The summed E-state index contributed by atoms with van der Waals surface area (Å²) in [5.74, 6) is 0.529. The molecule has 3 aromatic heterocycles. The minimum atomic E-state index is -0.317. The molecule has 1 amide bonds. The van der Waals surface area contributed by atoms with E-state index in [0.717, 1.165) is 11.4 Å². The molecule has 0 saturated carbocycles. The topological polar surface area (TPSA) is 77.9 Å². The monoisotopic (exact) mass is 381 g/mol. The molecule has 4 rings (SSSR count). The maximum absolute atomic E-state index is 12.4. The number of aryl methyl sites for hydroxylation is 1. The van der Waals surface area contributed by atoms with Crippen LogP contribution < -0.4 is 5.32 Å². The van der Waals surface area contributed by atoms with E-state index < -0.39 is 0 Å². The molecule has 0 aliphatic rings. The maximum atomic E-state index is 12.4. The molecule has 27 heavy (non-hydrogen) atoms. The molecule has 0 spiro atoms. The van der Waals surface area contributed by atoms with Crippen molar-refractivity contribution in [3.63, 3.8) is 0 Å². The van der Waals surface area contributed by atoms with Gasteiger partial charge in [-0.15, -0.1) is 0 Å². The average molecular weight is 382 g/mol. The van der Waals surface area contributed by atoms with Crippen LogP contribution in [0.25, 0.3) is 5.69 Å². The fourth-order valence-corrected chi connectivity index (χ4v) is 2.77. The minimum absolute atomic E-state index is 0.232. The summed E-state index contributed by atoms with van der Waals surface area (Å²) in [7, 11) is 0. The Morgan fingerprint density at radius 2 is 2.00 bits per heavy atom. The van der Waals surface area contributed by atoms with Gasteiger partial charge in [0.05, 0.1) is 29.1 Å². The Bertz CT molecular complexity index is 1080. The number of nitrogens with one attached hydrogen (secondary N) is 1. The zero-order valence-electron chi connectivity index (χ0n) is 14.5. The molecule has 0 bridgehead atoms. The lowest BCUT2D eigenvalue weighted by Crippen LogP contribution is -2.11. The van der Waals surface area contributed by atoms with Crippen LogP contribution in [0.2, 0.25) is 5.02 Å². The van der Waals surface area contributed by atoms with Crippen molar-refractivity contribution in [1.82, 2.24) is 19.6 Å². The van der Waals surface area contributed by atoms with Crippen molar-refractivity contribution in [2.45, 2.75) is 13.5 Å². The highest BCUT2D eigenvalue weighted by atomic mass is 35.5. The van der Waals surface area contributed by atoms with E-state index >= 15 is 0 Å². The average Bonchev–Trinajstić information content (AvgIpc) is 3.38. The molecule has 136 valence electrons. The molecular weight excluding hydrogens is 366 g/mol. The van der Waals surface area contributed by atoms with Gasteiger partial charge in [0.2, 0.25) is 0 Å². The standard InChI is InChI=1S/C19H16ClN5O2/c1-13-8-9-25(23-13)16-4-2-15(3-5-16)22-19(26)18-7-6-17(27-18)12-24-11-14(20)10-21-24/h2-11H,12H2,1H3,(H,22,26). The molecule has 0 unspecified atom stereocenters. The minimum Gasteiger partial charge on any atom is -0.454 e. The summed E-state index contributed by atoms with van der Waals surface area (Å²) in [5, 5.41) is 11.8. The third kappa shape index (κ3) is 3.93.